The van der Waals surface area contributed by atoms with E-state index in [1.807, 2.05) is 74.5 Å². The van der Waals surface area contributed by atoms with Crippen molar-refractivity contribution in [2.45, 2.75) is 45.3 Å². The zero-order valence-electron chi connectivity index (χ0n) is 22.9. The monoisotopic (exact) mass is 565 g/mol. The Morgan fingerprint density at radius 3 is 2.17 bits per heavy atom. The Morgan fingerprint density at radius 1 is 0.925 bits per heavy atom. The van der Waals surface area contributed by atoms with E-state index in [-0.39, 0.29) is 37.4 Å². The predicted octanol–water partition coefficient (Wildman–Crippen LogP) is 3.74. The first-order valence-electron chi connectivity index (χ1n) is 13.2. The molecular weight excluding hydrogens is 530 g/mol. The Labute approximate surface area is 235 Å². The molecule has 1 aliphatic rings. The SMILES string of the molecule is CC[C@H](C)NC(=O)[C@H](Cc1ccccc1)N(Cc1ccccc1)C(=O)CN(c1ccc2c(c1)OCO2)S(C)(=O)=O. The van der Waals surface area contributed by atoms with Crippen LogP contribution < -0.4 is 19.1 Å². The standard InChI is InChI=1S/C30H35N3O6S/c1-4-22(2)31-30(35)26(17-23-11-7-5-8-12-23)32(19-24-13-9-6-10-14-24)29(34)20-33(40(3,36)37)25-15-16-27-28(18-25)39-21-38-27/h5-16,18,22,26H,4,17,19-21H2,1-3H3,(H,31,35)/t22-,26-/m0/s1. The summed E-state index contributed by atoms with van der Waals surface area (Å²) < 4.78 is 37.7. The molecule has 10 heteroatoms. The van der Waals surface area contributed by atoms with Crippen molar-refractivity contribution in [3.8, 4) is 11.5 Å². The summed E-state index contributed by atoms with van der Waals surface area (Å²) in [6.45, 7) is 3.55. The number of rotatable bonds is 12. The first-order chi connectivity index (χ1) is 19.2. The van der Waals surface area contributed by atoms with Crippen LogP contribution in [0.25, 0.3) is 0 Å². The van der Waals surface area contributed by atoms with Crippen LogP contribution in [-0.2, 0) is 32.6 Å². The summed E-state index contributed by atoms with van der Waals surface area (Å²) in [6, 6.07) is 22.6. The Hall–Kier alpha value is -4.05. The summed E-state index contributed by atoms with van der Waals surface area (Å²) in [5, 5.41) is 3.02. The molecule has 3 aromatic rings. The fraction of sp³-hybridized carbons (Fsp3) is 0.333. The predicted molar refractivity (Wildman–Crippen MR) is 154 cm³/mol. The van der Waals surface area contributed by atoms with Gasteiger partial charge in [-0.15, -0.1) is 0 Å². The molecule has 0 aromatic heterocycles. The second-order valence-corrected chi connectivity index (χ2v) is 11.7. The van der Waals surface area contributed by atoms with Crippen molar-refractivity contribution in [2.75, 3.05) is 23.9 Å². The van der Waals surface area contributed by atoms with E-state index in [0.29, 0.717) is 11.5 Å². The van der Waals surface area contributed by atoms with E-state index < -0.39 is 28.5 Å². The van der Waals surface area contributed by atoms with Gasteiger partial charge in [0.15, 0.2) is 11.5 Å². The van der Waals surface area contributed by atoms with Gasteiger partial charge in [0.2, 0.25) is 28.6 Å². The number of anilines is 1. The third kappa shape index (κ3) is 7.32. The minimum Gasteiger partial charge on any atom is -0.454 e. The molecule has 0 unspecified atom stereocenters. The van der Waals surface area contributed by atoms with Crippen molar-refractivity contribution in [1.29, 1.82) is 0 Å². The number of benzene rings is 3. The number of carbonyl (C=O) groups is 2. The van der Waals surface area contributed by atoms with E-state index >= 15 is 0 Å². The van der Waals surface area contributed by atoms with Crippen LogP contribution in [0.4, 0.5) is 5.69 Å². The van der Waals surface area contributed by atoms with Crippen LogP contribution in [0.1, 0.15) is 31.4 Å². The van der Waals surface area contributed by atoms with Crippen molar-refractivity contribution >= 4 is 27.5 Å². The van der Waals surface area contributed by atoms with E-state index in [4.69, 9.17) is 9.47 Å². The average molecular weight is 566 g/mol. The maximum absolute atomic E-state index is 14.1. The molecule has 9 nitrogen and oxygen atoms in total. The number of ether oxygens (including phenoxy) is 2. The van der Waals surface area contributed by atoms with Crippen LogP contribution in [-0.4, -0.2) is 56.8 Å². The van der Waals surface area contributed by atoms with Crippen LogP contribution in [0.15, 0.2) is 78.9 Å². The summed E-state index contributed by atoms with van der Waals surface area (Å²) in [5.41, 5.74) is 1.97. The van der Waals surface area contributed by atoms with Gasteiger partial charge in [0, 0.05) is 25.1 Å². The van der Waals surface area contributed by atoms with Crippen LogP contribution in [0.2, 0.25) is 0 Å². The number of nitrogens with zero attached hydrogens (tertiary/aromatic N) is 2. The molecule has 1 aliphatic heterocycles. The number of hydrogen-bond donors (Lipinski definition) is 1. The van der Waals surface area contributed by atoms with Gasteiger partial charge in [-0.25, -0.2) is 8.42 Å². The third-order valence-corrected chi connectivity index (χ3v) is 7.93. The van der Waals surface area contributed by atoms with Crippen molar-refractivity contribution in [2.24, 2.45) is 0 Å². The van der Waals surface area contributed by atoms with Gasteiger partial charge in [0.1, 0.15) is 12.6 Å². The summed E-state index contributed by atoms with van der Waals surface area (Å²) in [4.78, 5) is 29.2. The lowest BCUT2D eigenvalue weighted by molar-refractivity contribution is -0.140. The maximum atomic E-state index is 14.1. The van der Waals surface area contributed by atoms with Crippen LogP contribution in [0.5, 0.6) is 11.5 Å². The highest BCUT2D eigenvalue weighted by Gasteiger charge is 2.33. The van der Waals surface area contributed by atoms with Crippen molar-refractivity contribution in [1.82, 2.24) is 10.2 Å². The van der Waals surface area contributed by atoms with Gasteiger partial charge >= 0.3 is 0 Å². The first-order valence-corrected chi connectivity index (χ1v) is 15.1. The molecule has 2 atom stereocenters. The average Bonchev–Trinajstić information content (AvgIpc) is 3.42. The van der Waals surface area contributed by atoms with Gasteiger partial charge in [-0.2, -0.15) is 0 Å². The van der Waals surface area contributed by atoms with E-state index in [2.05, 4.69) is 5.32 Å². The molecule has 3 aromatic carbocycles. The molecule has 0 saturated heterocycles. The fourth-order valence-corrected chi connectivity index (χ4v) is 5.27. The molecule has 212 valence electrons. The van der Waals surface area contributed by atoms with Crippen molar-refractivity contribution < 1.29 is 27.5 Å². The second-order valence-electron chi connectivity index (χ2n) is 9.84. The van der Waals surface area contributed by atoms with E-state index in [9.17, 15) is 18.0 Å². The Bertz CT molecular complexity index is 1420. The highest BCUT2D eigenvalue weighted by atomic mass is 32.2. The number of fused-ring (bicyclic) bond motifs is 1. The van der Waals surface area contributed by atoms with Gasteiger partial charge in [0.25, 0.3) is 0 Å². The summed E-state index contributed by atoms with van der Waals surface area (Å²) in [5.74, 6) is 0.0946. The van der Waals surface area contributed by atoms with Gasteiger partial charge in [-0.3, -0.25) is 13.9 Å². The number of sulfonamides is 1. The minimum absolute atomic E-state index is 0.0356. The number of carbonyl (C=O) groups excluding carboxylic acids is 2. The molecule has 0 fully saturated rings. The zero-order valence-corrected chi connectivity index (χ0v) is 23.8. The Morgan fingerprint density at radius 2 is 1.55 bits per heavy atom. The van der Waals surface area contributed by atoms with Crippen molar-refractivity contribution in [3.05, 3.63) is 90.0 Å². The largest absolute Gasteiger partial charge is 0.454 e. The van der Waals surface area contributed by atoms with Crippen LogP contribution >= 0.6 is 0 Å². The summed E-state index contributed by atoms with van der Waals surface area (Å²) >= 11 is 0. The second kappa shape index (κ2) is 12.9. The molecule has 2 amide bonds. The van der Waals surface area contributed by atoms with Crippen LogP contribution in [0, 0.1) is 0 Å². The van der Waals surface area contributed by atoms with E-state index in [0.717, 1.165) is 28.1 Å². The molecule has 0 saturated carbocycles. The molecule has 4 rings (SSSR count). The molecule has 0 bridgehead atoms. The molecule has 1 N–H and O–H groups in total. The molecule has 0 radical (unpaired) electrons. The molecule has 0 aliphatic carbocycles. The Balaban J connectivity index is 1.71. The molecule has 40 heavy (non-hydrogen) atoms. The lowest BCUT2D eigenvalue weighted by Gasteiger charge is -2.34. The Kier molecular flexibility index (Phi) is 9.31. The molecule has 1 heterocycles. The number of nitrogens with one attached hydrogen (secondary N) is 1. The summed E-state index contributed by atoms with van der Waals surface area (Å²) in [7, 11) is -3.88. The normalized spacial score (nSPS) is 13.8. The highest BCUT2D eigenvalue weighted by Crippen LogP contribution is 2.36. The number of hydrogen-bond acceptors (Lipinski definition) is 6. The first kappa shape index (κ1) is 28.9. The van der Waals surface area contributed by atoms with E-state index in [1.54, 1.807) is 12.1 Å². The zero-order chi connectivity index (χ0) is 28.7. The van der Waals surface area contributed by atoms with E-state index in [1.165, 1.54) is 11.0 Å². The lowest BCUT2D eigenvalue weighted by Crippen LogP contribution is -2.54. The van der Waals surface area contributed by atoms with Gasteiger partial charge in [-0.1, -0.05) is 67.6 Å². The van der Waals surface area contributed by atoms with Crippen molar-refractivity contribution in [3.63, 3.8) is 0 Å². The van der Waals surface area contributed by atoms with Crippen LogP contribution in [0.3, 0.4) is 0 Å². The molecular formula is C30H35N3O6S. The number of amides is 2. The summed E-state index contributed by atoms with van der Waals surface area (Å²) in [6.07, 6.45) is 2.04. The van der Waals surface area contributed by atoms with Gasteiger partial charge in [-0.05, 0) is 36.6 Å². The van der Waals surface area contributed by atoms with Gasteiger partial charge < -0.3 is 19.7 Å². The lowest BCUT2D eigenvalue weighted by atomic mass is 10.0. The quantitative estimate of drug-likeness (QED) is 0.359. The topological polar surface area (TPSA) is 105 Å². The van der Waals surface area contributed by atoms with Gasteiger partial charge in [0.05, 0.1) is 11.9 Å². The highest BCUT2D eigenvalue weighted by molar-refractivity contribution is 7.92. The maximum Gasteiger partial charge on any atom is 0.244 e. The molecule has 0 spiro atoms. The fourth-order valence-electron chi connectivity index (χ4n) is 4.43. The smallest absolute Gasteiger partial charge is 0.244 e. The third-order valence-electron chi connectivity index (χ3n) is 6.79. The minimum atomic E-state index is -3.88.